The molecule has 1 heterocycles. The zero-order valence-electron chi connectivity index (χ0n) is 17.2. The Morgan fingerprint density at radius 2 is 1.67 bits per heavy atom. The largest absolute Gasteiger partial charge is 0.421 e. The highest BCUT2D eigenvalue weighted by Gasteiger charge is 2.35. The van der Waals surface area contributed by atoms with Crippen molar-refractivity contribution in [3.05, 3.63) is 71.4 Å². The summed E-state index contributed by atoms with van der Waals surface area (Å²) in [6, 6.07) is 15.0. The van der Waals surface area contributed by atoms with Crippen LogP contribution in [0.2, 0.25) is 0 Å². The van der Waals surface area contributed by atoms with Gasteiger partial charge in [-0.3, -0.25) is 0 Å². The van der Waals surface area contributed by atoms with Crippen molar-refractivity contribution in [2.24, 2.45) is 0 Å². The molecule has 0 bridgehead atoms. The molecule has 0 fully saturated rings. The molecule has 3 rings (SSSR count). The van der Waals surface area contributed by atoms with Crippen molar-refractivity contribution < 1.29 is 13.2 Å². The lowest BCUT2D eigenvalue weighted by molar-refractivity contribution is -0.137. The van der Waals surface area contributed by atoms with E-state index in [0.29, 0.717) is 11.4 Å². The van der Waals surface area contributed by atoms with Crippen LogP contribution in [0.1, 0.15) is 49.8 Å². The molecule has 0 saturated carbocycles. The highest BCUT2D eigenvalue weighted by Crippen LogP contribution is 2.36. The number of hydrogen-bond donors (Lipinski definition) is 2. The second-order valence-corrected chi connectivity index (χ2v) is 7.39. The van der Waals surface area contributed by atoms with Gasteiger partial charge in [0.25, 0.3) is 0 Å². The minimum absolute atomic E-state index is 0.0933. The van der Waals surface area contributed by atoms with Crippen molar-refractivity contribution >= 4 is 23.1 Å². The lowest BCUT2D eigenvalue weighted by atomic mass is 10.0. The molecule has 4 nitrogen and oxygen atoms in total. The third kappa shape index (κ3) is 5.28. The van der Waals surface area contributed by atoms with Crippen molar-refractivity contribution in [2.75, 3.05) is 10.6 Å². The molecule has 0 atom stereocenters. The van der Waals surface area contributed by atoms with Crippen LogP contribution in [0.5, 0.6) is 0 Å². The van der Waals surface area contributed by atoms with E-state index in [0.717, 1.165) is 24.6 Å². The number of nitrogens with one attached hydrogen (secondary N) is 2. The Kier molecular flexibility index (Phi) is 6.59. The molecule has 0 aliphatic heterocycles. The number of benzene rings is 2. The van der Waals surface area contributed by atoms with Crippen LogP contribution in [-0.2, 0) is 12.6 Å². The van der Waals surface area contributed by atoms with E-state index in [9.17, 15) is 13.2 Å². The van der Waals surface area contributed by atoms with Crippen LogP contribution < -0.4 is 10.6 Å². The van der Waals surface area contributed by atoms with Crippen molar-refractivity contribution in [2.45, 2.75) is 45.7 Å². The highest BCUT2D eigenvalue weighted by molar-refractivity contribution is 5.66. The Morgan fingerprint density at radius 3 is 2.30 bits per heavy atom. The Bertz CT molecular complexity index is 982. The maximum atomic E-state index is 13.5. The van der Waals surface area contributed by atoms with Crippen LogP contribution >= 0.6 is 0 Å². The molecule has 158 valence electrons. The van der Waals surface area contributed by atoms with Crippen molar-refractivity contribution in [1.82, 2.24) is 9.97 Å². The van der Waals surface area contributed by atoms with E-state index in [-0.39, 0.29) is 17.7 Å². The van der Waals surface area contributed by atoms with E-state index in [2.05, 4.69) is 27.5 Å². The van der Waals surface area contributed by atoms with E-state index in [4.69, 9.17) is 0 Å². The van der Waals surface area contributed by atoms with E-state index >= 15 is 0 Å². The van der Waals surface area contributed by atoms with Gasteiger partial charge < -0.3 is 10.6 Å². The average Bonchev–Trinajstić information content (AvgIpc) is 2.69. The maximum Gasteiger partial charge on any atom is 0.421 e. The summed E-state index contributed by atoms with van der Waals surface area (Å²) in [5, 5.41) is 5.86. The van der Waals surface area contributed by atoms with Crippen LogP contribution in [0.4, 0.5) is 36.3 Å². The normalized spacial score (nSPS) is 11.6. The number of aromatic nitrogens is 2. The van der Waals surface area contributed by atoms with Crippen LogP contribution in [0.3, 0.4) is 0 Å². The molecule has 2 aromatic carbocycles. The van der Waals surface area contributed by atoms with Crippen molar-refractivity contribution in [3.8, 4) is 0 Å². The van der Waals surface area contributed by atoms with Gasteiger partial charge in [-0.05, 0) is 41.7 Å². The Morgan fingerprint density at radius 1 is 0.967 bits per heavy atom. The van der Waals surface area contributed by atoms with Crippen LogP contribution in [-0.4, -0.2) is 9.97 Å². The first-order valence-corrected chi connectivity index (χ1v) is 9.94. The summed E-state index contributed by atoms with van der Waals surface area (Å²) in [4.78, 5) is 8.01. The molecule has 0 radical (unpaired) electrons. The number of aryl methyl sites for hydroxylation is 1. The van der Waals surface area contributed by atoms with Gasteiger partial charge in [-0.25, -0.2) is 4.98 Å². The summed E-state index contributed by atoms with van der Waals surface area (Å²) < 4.78 is 40.6. The lowest BCUT2D eigenvalue weighted by Gasteiger charge is -2.18. The van der Waals surface area contributed by atoms with Gasteiger partial charge in [0.05, 0.1) is 0 Å². The maximum absolute atomic E-state index is 13.5. The van der Waals surface area contributed by atoms with Gasteiger partial charge in [0.15, 0.2) is 0 Å². The number of hydrogen-bond acceptors (Lipinski definition) is 4. The third-order valence-corrected chi connectivity index (χ3v) is 4.68. The molecule has 30 heavy (non-hydrogen) atoms. The summed E-state index contributed by atoms with van der Waals surface area (Å²) in [5.41, 5.74) is 2.49. The highest BCUT2D eigenvalue weighted by atomic mass is 19.4. The Balaban J connectivity index is 1.93. The molecule has 0 saturated heterocycles. The van der Waals surface area contributed by atoms with Gasteiger partial charge in [0.1, 0.15) is 11.4 Å². The summed E-state index contributed by atoms with van der Waals surface area (Å²) in [7, 11) is 0. The summed E-state index contributed by atoms with van der Waals surface area (Å²) in [6.45, 7) is 6.08. The Hall–Kier alpha value is -3.09. The quantitative estimate of drug-likeness (QED) is 0.435. The van der Waals surface area contributed by atoms with E-state index in [1.165, 1.54) is 5.56 Å². The SMILES string of the molecule is CCCc1ccc(Nc2ncc(C(F)(F)F)c(Nc3ccccc3C(C)C)n2)cc1. The standard InChI is InChI=1S/C23H25F3N4/c1-4-7-16-10-12-17(13-11-16)28-22-27-14-19(23(24,25)26)21(30-22)29-20-9-6-5-8-18(20)15(2)3/h5-6,8-15H,4,7H2,1-3H3,(H2,27,28,29,30). The van der Waals surface area contributed by atoms with Gasteiger partial charge in [0, 0.05) is 17.6 Å². The van der Waals surface area contributed by atoms with Gasteiger partial charge in [0.2, 0.25) is 5.95 Å². The van der Waals surface area contributed by atoms with Crippen LogP contribution in [0.15, 0.2) is 54.7 Å². The van der Waals surface area contributed by atoms with Gasteiger partial charge in [-0.1, -0.05) is 57.5 Å². The van der Waals surface area contributed by atoms with Crippen molar-refractivity contribution in [3.63, 3.8) is 0 Å². The summed E-state index contributed by atoms with van der Waals surface area (Å²) in [6.07, 6.45) is -1.75. The fourth-order valence-corrected chi connectivity index (χ4v) is 3.16. The zero-order chi connectivity index (χ0) is 21.7. The first kappa shape index (κ1) is 21.6. The second-order valence-electron chi connectivity index (χ2n) is 7.39. The third-order valence-electron chi connectivity index (χ3n) is 4.68. The van der Waals surface area contributed by atoms with Gasteiger partial charge in [-0.2, -0.15) is 18.2 Å². The zero-order valence-corrected chi connectivity index (χ0v) is 17.2. The van der Waals surface area contributed by atoms with E-state index < -0.39 is 11.7 Å². The molecular formula is C23H25F3N4. The number of rotatable bonds is 7. The van der Waals surface area contributed by atoms with E-state index in [1.807, 2.05) is 50.2 Å². The predicted octanol–water partition coefficient (Wildman–Crippen LogP) is 7.06. The topological polar surface area (TPSA) is 49.8 Å². The number of nitrogens with zero attached hydrogens (tertiary/aromatic N) is 2. The molecule has 0 amide bonds. The number of para-hydroxylation sites is 1. The molecule has 0 aliphatic carbocycles. The number of alkyl halides is 3. The molecule has 0 unspecified atom stereocenters. The van der Waals surface area contributed by atoms with Gasteiger partial charge >= 0.3 is 6.18 Å². The van der Waals surface area contributed by atoms with Gasteiger partial charge in [-0.15, -0.1) is 0 Å². The molecular weight excluding hydrogens is 389 g/mol. The monoisotopic (exact) mass is 414 g/mol. The second kappa shape index (κ2) is 9.15. The molecule has 0 spiro atoms. The first-order chi connectivity index (χ1) is 14.3. The fourth-order valence-electron chi connectivity index (χ4n) is 3.16. The Labute approximate surface area is 174 Å². The van der Waals surface area contributed by atoms with E-state index in [1.54, 1.807) is 12.1 Å². The molecule has 2 N–H and O–H groups in total. The molecule has 7 heteroatoms. The first-order valence-electron chi connectivity index (χ1n) is 9.94. The van der Waals surface area contributed by atoms with Crippen molar-refractivity contribution in [1.29, 1.82) is 0 Å². The number of anilines is 4. The smallest absolute Gasteiger partial charge is 0.339 e. The number of halogens is 3. The minimum Gasteiger partial charge on any atom is -0.339 e. The predicted molar refractivity (Wildman–Crippen MR) is 115 cm³/mol. The summed E-state index contributed by atoms with van der Waals surface area (Å²) >= 11 is 0. The molecule has 3 aromatic rings. The summed E-state index contributed by atoms with van der Waals surface area (Å²) in [5.74, 6) is -0.0458. The fraction of sp³-hybridized carbons (Fsp3) is 0.304. The van der Waals surface area contributed by atoms with Crippen LogP contribution in [0, 0.1) is 0 Å². The average molecular weight is 414 g/mol. The molecule has 0 aliphatic rings. The molecule has 1 aromatic heterocycles. The van der Waals surface area contributed by atoms with Crippen LogP contribution in [0.25, 0.3) is 0 Å². The minimum atomic E-state index is -4.57. The lowest BCUT2D eigenvalue weighted by Crippen LogP contribution is -2.13.